The van der Waals surface area contributed by atoms with E-state index < -0.39 is 17.6 Å². The van der Waals surface area contributed by atoms with E-state index in [2.05, 4.69) is 10.3 Å². The van der Waals surface area contributed by atoms with Gasteiger partial charge >= 0.3 is 6.18 Å². The number of hydrogen-bond donors (Lipinski definition) is 1. The minimum Gasteiger partial charge on any atom is -0.351 e. The standard InChI is InChI=1S/C14H16F3N3O/c1-3-4-7-18-13(21)12-9(2)19-11-6-5-10(8-20(11)12)14(15,16)17/h5-6,8H,3-4,7H2,1-2H3,(H,18,21). The highest BCUT2D eigenvalue weighted by Crippen LogP contribution is 2.29. The molecule has 0 fully saturated rings. The summed E-state index contributed by atoms with van der Waals surface area (Å²) in [5.41, 5.74) is 0.0617. The summed E-state index contributed by atoms with van der Waals surface area (Å²) in [5, 5.41) is 2.70. The number of rotatable bonds is 4. The van der Waals surface area contributed by atoms with Crippen molar-refractivity contribution in [3.63, 3.8) is 0 Å². The third-order valence-corrected chi connectivity index (χ3v) is 3.15. The molecule has 21 heavy (non-hydrogen) atoms. The molecule has 0 spiro atoms. The highest BCUT2D eigenvalue weighted by atomic mass is 19.4. The fourth-order valence-corrected chi connectivity index (χ4v) is 2.07. The third-order valence-electron chi connectivity index (χ3n) is 3.15. The van der Waals surface area contributed by atoms with Crippen molar-refractivity contribution in [2.45, 2.75) is 32.9 Å². The van der Waals surface area contributed by atoms with E-state index in [0.29, 0.717) is 17.9 Å². The number of imidazole rings is 1. The van der Waals surface area contributed by atoms with Gasteiger partial charge in [0, 0.05) is 12.7 Å². The van der Waals surface area contributed by atoms with Gasteiger partial charge in [0.1, 0.15) is 11.3 Å². The van der Waals surface area contributed by atoms with E-state index in [-0.39, 0.29) is 5.69 Å². The minimum atomic E-state index is -4.46. The normalized spacial score (nSPS) is 11.9. The lowest BCUT2D eigenvalue weighted by Crippen LogP contribution is -2.26. The lowest BCUT2D eigenvalue weighted by atomic mass is 10.2. The summed E-state index contributed by atoms with van der Waals surface area (Å²) in [5.74, 6) is -0.409. The number of aryl methyl sites for hydroxylation is 1. The van der Waals surface area contributed by atoms with Gasteiger partial charge in [-0.1, -0.05) is 13.3 Å². The SMILES string of the molecule is CCCCNC(=O)c1c(C)nc2ccc(C(F)(F)F)cn12. The van der Waals surface area contributed by atoms with Crippen LogP contribution in [0.15, 0.2) is 18.3 Å². The first-order valence-corrected chi connectivity index (χ1v) is 6.68. The van der Waals surface area contributed by atoms with Gasteiger partial charge in [0.05, 0.1) is 11.3 Å². The lowest BCUT2D eigenvalue weighted by Gasteiger charge is -2.09. The van der Waals surface area contributed by atoms with E-state index in [1.807, 2.05) is 6.92 Å². The van der Waals surface area contributed by atoms with Crippen molar-refractivity contribution in [1.29, 1.82) is 0 Å². The summed E-state index contributed by atoms with van der Waals surface area (Å²) in [7, 11) is 0. The number of aromatic nitrogens is 2. The second-order valence-corrected chi connectivity index (χ2v) is 4.80. The topological polar surface area (TPSA) is 46.4 Å². The second kappa shape index (κ2) is 5.75. The molecule has 114 valence electrons. The van der Waals surface area contributed by atoms with E-state index >= 15 is 0 Å². The number of halogens is 3. The van der Waals surface area contributed by atoms with Crippen molar-refractivity contribution in [3.8, 4) is 0 Å². The average Bonchev–Trinajstić information content (AvgIpc) is 2.72. The Morgan fingerprint density at radius 3 is 2.71 bits per heavy atom. The predicted molar refractivity (Wildman–Crippen MR) is 72.2 cm³/mol. The molecule has 4 nitrogen and oxygen atoms in total. The van der Waals surface area contributed by atoms with Crippen LogP contribution in [0.3, 0.4) is 0 Å². The number of unbranched alkanes of at least 4 members (excludes halogenated alkanes) is 1. The Bertz CT molecular complexity index is 661. The zero-order valence-electron chi connectivity index (χ0n) is 11.8. The zero-order chi connectivity index (χ0) is 15.6. The molecule has 0 atom stereocenters. The quantitative estimate of drug-likeness (QED) is 0.881. The van der Waals surface area contributed by atoms with Gasteiger partial charge in [0.25, 0.3) is 5.91 Å². The molecule has 0 aliphatic carbocycles. The van der Waals surface area contributed by atoms with Gasteiger partial charge in [-0.25, -0.2) is 4.98 Å². The van der Waals surface area contributed by atoms with Crippen LogP contribution >= 0.6 is 0 Å². The molecule has 0 aliphatic rings. The van der Waals surface area contributed by atoms with Crippen LogP contribution in [0.2, 0.25) is 0 Å². The van der Waals surface area contributed by atoms with Crippen molar-refractivity contribution in [3.05, 3.63) is 35.3 Å². The molecule has 2 heterocycles. The number of carbonyl (C=O) groups is 1. The molecule has 0 saturated heterocycles. The smallest absolute Gasteiger partial charge is 0.351 e. The summed E-state index contributed by atoms with van der Waals surface area (Å²) >= 11 is 0. The molecule has 1 amide bonds. The van der Waals surface area contributed by atoms with Crippen molar-refractivity contribution in [2.75, 3.05) is 6.54 Å². The Balaban J connectivity index is 2.42. The van der Waals surface area contributed by atoms with Crippen LogP contribution in [0.4, 0.5) is 13.2 Å². The van der Waals surface area contributed by atoms with Gasteiger partial charge in [0.15, 0.2) is 0 Å². The van der Waals surface area contributed by atoms with Crippen LogP contribution in [-0.2, 0) is 6.18 Å². The molecule has 0 saturated carbocycles. The Hall–Kier alpha value is -2.05. The van der Waals surface area contributed by atoms with Crippen LogP contribution in [0.5, 0.6) is 0 Å². The van der Waals surface area contributed by atoms with Gasteiger partial charge in [0.2, 0.25) is 0 Å². The van der Waals surface area contributed by atoms with Crippen molar-refractivity contribution in [1.82, 2.24) is 14.7 Å². The van der Waals surface area contributed by atoms with E-state index in [9.17, 15) is 18.0 Å². The molecule has 1 N–H and O–H groups in total. The van der Waals surface area contributed by atoms with Crippen LogP contribution in [-0.4, -0.2) is 21.8 Å². The number of hydrogen-bond acceptors (Lipinski definition) is 2. The Morgan fingerprint density at radius 1 is 1.38 bits per heavy atom. The Morgan fingerprint density at radius 2 is 2.10 bits per heavy atom. The Labute approximate surface area is 120 Å². The number of amides is 1. The lowest BCUT2D eigenvalue weighted by molar-refractivity contribution is -0.137. The van der Waals surface area contributed by atoms with Crippen molar-refractivity contribution in [2.24, 2.45) is 0 Å². The maximum Gasteiger partial charge on any atom is 0.417 e. The van der Waals surface area contributed by atoms with Crippen LogP contribution in [0.25, 0.3) is 5.65 Å². The van der Waals surface area contributed by atoms with Crippen LogP contribution in [0, 0.1) is 6.92 Å². The molecule has 0 aliphatic heterocycles. The first kappa shape index (κ1) is 15.3. The highest BCUT2D eigenvalue weighted by Gasteiger charge is 2.31. The monoisotopic (exact) mass is 299 g/mol. The summed E-state index contributed by atoms with van der Waals surface area (Å²) in [6.07, 6.45) is -1.81. The average molecular weight is 299 g/mol. The first-order valence-electron chi connectivity index (χ1n) is 6.68. The summed E-state index contributed by atoms with van der Waals surface area (Å²) in [6.45, 7) is 4.08. The largest absolute Gasteiger partial charge is 0.417 e. The maximum atomic E-state index is 12.8. The molecular formula is C14H16F3N3O. The van der Waals surface area contributed by atoms with Gasteiger partial charge in [-0.2, -0.15) is 13.2 Å². The minimum absolute atomic E-state index is 0.146. The molecule has 0 aromatic carbocycles. The second-order valence-electron chi connectivity index (χ2n) is 4.80. The first-order chi connectivity index (χ1) is 9.84. The summed E-state index contributed by atoms with van der Waals surface area (Å²) in [6, 6.07) is 2.22. The van der Waals surface area contributed by atoms with Crippen LogP contribution < -0.4 is 5.32 Å². The summed E-state index contributed by atoms with van der Waals surface area (Å²) < 4.78 is 39.5. The van der Waals surface area contributed by atoms with Gasteiger partial charge in [-0.3, -0.25) is 9.20 Å². The number of nitrogens with one attached hydrogen (secondary N) is 1. The van der Waals surface area contributed by atoms with E-state index in [1.165, 1.54) is 10.5 Å². The van der Waals surface area contributed by atoms with Gasteiger partial charge < -0.3 is 5.32 Å². The molecule has 2 rings (SSSR count). The van der Waals surface area contributed by atoms with E-state index in [4.69, 9.17) is 0 Å². The number of carbonyl (C=O) groups excluding carboxylic acids is 1. The number of nitrogens with zero attached hydrogens (tertiary/aromatic N) is 2. The highest BCUT2D eigenvalue weighted by molar-refractivity contribution is 5.94. The Kier molecular flexibility index (Phi) is 4.20. The van der Waals surface area contributed by atoms with E-state index in [0.717, 1.165) is 25.1 Å². The van der Waals surface area contributed by atoms with Crippen LogP contribution in [0.1, 0.15) is 41.5 Å². The number of pyridine rings is 1. The molecule has 0 radical (unpaired) electrons. The predicted octanol–water partition coefficient (Wildman–Crippen LogP) is 3.19. The van der Waals surface area contributed by atoms with E-state index in [1.54, 1.807) is 6.92 Å². The van der Waals surface area contributed by atoms with Crippen molar-refractivity contribution < 1.29 is 18.0 Å². The molecule has 7 heteroatoms. The number of fused-ring (bicyclic) bond motifs is 1. The molecular weight excluding hydrogens is 283 g/mol. The summed E-state index contributed by atoms with van der Waals surface area (Å²) in [4.78, 5) is 16.2. The molecule has 2 aromatic rings. The number of alkyl halides is 3. The maximum absolute atomic E-state index is 12.8. The third kappa shape index (κ3) is 3.17. The fourth-order valence-electron chi connectivity index (χ4n) is 2.07. The molecule has 0 bridgehead atoms. The fraction of sp³-hybridized carbons (Fsp3) is 0.429. The van der Waals surface area contributed by atoms with Crippen molar-refractivity contribution >= 4 is 11.6 Å². The molecule has 0 unspecified atom stereocenters. The molecule has 2 aromatic heterocycles. The zero-order valence-corrected chi connectivity index (χ0v) is 11.8. The van der Waals surface area contributed by atoms with Gasteiger partial charge in [-0.15, -0.1) is 0 Å². The van der Waals surface area contributed by atoms with Gasteiger partial charge in [-0.05, 0) is 25.5 Å².